The topological polar surface area (TPSA) is 111 Å². The first-order valence-corrected chi connectivity index (χ1v) is 6.19. The van der Waals surface area contributed by atoms with Crippen LogP contribution in [0.4, 0.5) is 4.39 Å². The van der Waals surface area contributed by atoms with Crippen molar-refractivity contribution in [1.29, 1.82) is 0 Å². The Bertz CT molecular complexity index is 668. The molecule has 9 heteroatoms. The van der Waals surface area contributed by atoms with Crippen LogP contribution in [0, 0.1) is 11.2 Å². The summed E-state index contributed by atoms with van der Waals surface area (Å²) in [5.41, 5.74) is -3.18. The Kier molecular flexibility index (Phi) is 3.97. The summed E-state index contributed by atoms with van der Waals surface area (Å²) in [6.45, 7) is 1.05. The number of H-pyrrole nitrogens is 1. The highest BCUT2D eigenvalue weighted by molar-refractivity contribution is 5.77. The van der Waals surface area contributed by atoms with Crippen LogP contribution >= 0.6 is 0 Å². The molecule has 1 fully saturated rings. The molecule has 3 atom stereocenters. The number of hydrogen-bond acceptors (Lipinski definition) is 6. The Labute approximate surface area is 118 Å². The molecular formula is C12H15FN2O6. The Hall–Kier alpha value is -2.00. The lowest BCUT2D eigenvalue weighted by atomic mass is 9.83. The van der Waals surface area contributed by atoms with Crippen molar-refractivity contribution in [3.05, 3.63) is 32.9 Å². The van der Waals surface area contributed by atoms with Gasteiger partial charge < -0.3 is 14.6 Å². The highest BCUT2D eigenvalue weighted by Gasteiger charge is 2.52. The zero-order valence-electron chi connectivity index (χ0n) is 11.5. The van der Waals surface area contributed by atoms with Gasteiger partial charge in [-0.2, -0.15) is 4.39 Å². The van der Waals surface area contributed by atoms with Crippen molar-refractivity contribution in [1.82, 2.24) is 9.55 Å². The maximum Gasteiger partial charge on any atom is 0.330 e. The van der Waals surface area contributed by atoms with Crippen LogP contribution in [0.2, 0.25) is 0 Å². The molecule has 1 saturated heterocycles. The third-order valence-electron chi connectivity index (χ3n) is 3.68. The molecule has 2 rings (SSSR count). The molecule has 0 aliphatic carbocycles. The van der Waals surface area contributed by atoms with Crippen molar-refractivity contribution in [2.24, 2.45) is 5.41 Å². The van der Waals surface area contributed by atoms with Crippen LogP contribution in [0.1, 0.15) is 19.6 Å². The zero-order chi connectivity index (χ0) is 15.8. The molecule has 116 valence electrons. The van der Waals surface area contributed by atoms with Crippen LogP contribution in [0.15, 0.2) is 15.8 Å². The molecule has 1 unspecified atom stereocenters. The highest BCUT2D eigenvalue weighted by Crippen LogP contribution is 2.43. The van der Waals surface area contributed by atoms with Gasteiger partial charge in [0.05, 0.1) is 31.4 Å². The lowest BCUT2D eigenvalue weighted by Crippen LogP contribution is -2.39. The molecule has 0 saturated carbocycles. The minimum atomic E-state index is -1.18. The first-order chi connectivity index (χ1) is 9.83. The molecule has 0 amide bonds. The van der Waals surface area contributed by atoms with E-state index in [9.17, 15) is 23.9 Å². The Morgan fingerprint density at radius 1 is 1.67 bits per heavy atom. The number of carbonyl (C=O) groups is 1. The SMILES string of the molecule is COC(=O)[C@]1(C)CC(n2cc(F)c(=O)[nH]c2=O)O[C@@H]1CO. The molecule has 1 aliphatic heterocycles. The minimum absolute atomic E-state index is 0.00368. The summed E-state index contributed by atoms with van der Waals surface area (Å²) < 4.78 is 24.3. The summed E-state index contributed by atoms with van der Waals surface area (Å²) in [6.07, 6.45) is -1.19. The van der Waals surface area contributed by atoms with Crippen LogP contribution in [0.3, 0.4) is 0 Å². The third kappa shape index (κ3) is 2.49. The lowest BCUT2D eigenvalue weighted by Gasteiger charge is -2.24. The maximum atomic E-state index is 13.3. The van der Waals surface area contributed by atoms with Crippen molar-refractivity contribution in [2.75, 3.05) is 13.7 Å². The number of rotatable bonds is 3. The van der Waals surface area contributed by atoms with Gasteiger partial charge >= 0.3 is 11.7 Å². The highest BCUT2D eigenvalue weighted by atomic mass is 19.1. The largest absolute Gasteiger partial charge is 0.469 e. The second-order valence-electron chi connectivity index (χ2n) is 5.02. The van der Waals surface area contributed by atoms with E-state index in [1.165, 1.54) is 14.0 Å². The monoisotopic (exact) mass is 302 g/mol. The molecule has 0 bridgehead atoms. The van der Waals surface area contributed by atoms with Crippen LogP contribution in [0.5, 0.6) is 0 Å². The third-order valence-corrected chi connectivity index (χ3v) is 3.68. The van der Waals surface area contributed by atoms with Crippen LogP contribution in [0.25, 0.3) is 0 Å². The summed E-state index contributed by atoms with van der Waals surface area (Å²) >= 11 is 0. The Balaban J connectivity index is 2.41. The number of nitrogens with zero attached hydrogens (tertiary/aromatic N) is 1. The summed E-state index contributed by atoms with van der Waals surface area (Å²) in [5.74, 6) is -1.76. The average Bonchev–Trinajstić information content (AvgIpc) is 2.80. The standard InChI is InChI=1S/C12H15FN2O6/c1-12(10(18)20-2)3-8(21-7(12)5-16)15-4-6(13)9(17)14-11(15)19/h4,7-8,16H,3,5H2,1-2H3,(H,14,17,19)/t7-,8?,12-/m1/s1. The van der Waals surface area contributed by atoms with Gasteiger partial charge in [0.25, 0.3) is 5.56 Å². The smallest absolute Gasteiger partial charge is 0.330 e. The van der Waals surface area contributed by atoms with E-state index in [0.717, 1.165) is 4.57 Å². The minimum Gasteiger partial charge on any atom is -0.469 e. The van der Waals surface area contributed by atoms with Gasteiger partial charge in [0, 0.05) is 6.42 Å². The normalized spacial score (nSPS) is 28.6. The average molecular weight is 302 g/mol. The molecule has 1 aromatic heterocycles. The number of methoxy groups -OCH3 is 1. The van der Waals surface area contributed by atoms with E-state index in [1.807, 2.05) is 0 Å². The van der Waals surface area contributed by atoms with Gasteiger partial charge in [-0.05, 0) is 6.92 Å². The summed E-state index contributed by atoms with van der Waals surface area (Å²) in [4.78, 5) is 36.4. The van der Waals surface area contributed by atoms with Crippen LogP contribution in [-0.4, -0.2) is 40.4 Å². The van der Waals surface area contributed by atoms with E-state index in [4.69, 9.17) is 4.74 Å². The summed E-state index contributed by atoms with van der Waals surface area (Å²) in [5, 5.41) is 9.33. The maximum absolute atomic E-state index is 13.3. The van der Waals surface area contributed by atoms with Gasteiger partial charge in [-0.25, -0.2) is 4.79 Å². The van der Waals surface area contributed by atoms with Crippen molar-refractivity contribution in [3.63, 3.8) is 0 Å². The number of aliphatic hydroxyl groups excluding tert-OH is 1. The number of nitrogens with one attached hydrogen (secondary N) is 1. The molecular weight excluding hydrogens is 287 g/mol. The number of aromatic amines is 1. The van der Waals surface area contributed by atoms with E-state index in [0.29, 0.717) is 6.20 Å². The van der Waals surface area contributed by atoms with Crippen molar-refractivity contribution < 1.29 is 23.8 Å². The molecule has 1 aliphatic rings. The first kappa shape index (κ1) is 15.4. The molecule has 8 nitrogen and oxygen atoms in total. The molecule has 2 heterocycles. The van der Waals surface area contributed by atoms with Gasteiger partial charge in [-0.15, -0.1) is 0 Å². The fourth-order valence-electron chi connectivity index (χ4n) is 2.41. The van der Waals surface area contributed by atoms with Gasteiger partial charge in [-0.1, -0.05) is 0 Å². The molecule has 0 aromatic carbocycles. The van der Waals surface area contributed by atoms with Crippen LogP contribution < -0.4 is 11.2 Å². The van der Waals surface area contributed by atoms with E-state index < -0.39 is 47.4 Å². The fraction of sp³-hybridized carbons (Fsp3) is 0.583. The van der Waals surface area contributed by atoms with Gasteiger partial charge in [0.15, 0.2) is 0 Å². The quantitative estimate of drug-likeness (QED) is 0.703. The summed E-state index contributed by atoms with van der Waals surface area (Å²) in [7, 11) is 1.20. The van der Waals surface area contributed by atoms with E-state index in [1.54, 1.807) is 4.98 Å². The number of hydrogen-bond donors (Lipinski definition) is 2. The first-order valence-electron chi connectivity index (χ1n) is 6.19. The van der Waals surface area contributed by atoms with Crippen molar-refractivity contribution in [3.8, 4) is 0 Å². The van der Waals surface area contributed by atoms with Crippen molar-refractivity contribution >= 4 is 5.97 Å². The second kappa shape index (κ2) is 5.41. The molecule has 21 heavy (non-hydrogen) atoms. The van der Waals surface area contributed by atoms with Gasteiger partial charge in [0.2, 0.25) is 5.82 Å². The second-order valence-corrected chi connectivity index (χ2v) is 5.02. The molecule has 0 radical (unpaired) electrons. The fourth-order valence-corrected chi connectivity index (χ4v) is 2.41. The molecule has 0 spiro atoms. The molecule has 2 N–H and O–H groups in total. The van der Waals surface area contributed by atoms with E-state index >= 15 is 0 Å². The number of aliphatic hydroxyl groups is 1. The Morgan fingerprint density at radius 3 is 2.90 bits per heavy atom. The van der Waals surface area contributed by atoms with Gasteiger partial charge in [-0.3, -0.25) is 19.1 Å². The number of carbonyl (C=O) groups excluding carboxylic acids is 1. The molecule has 1 aromatic rings. The van der Waals surface area contributed by atoms with E-state index in [2.05, 4.69) is 4.74 Å². The predicted octanol–water partition coefficient (Wildman–Crippen LogP) is -0.865. The van der Waals surface area contributed by atoms with Gasteiger partial charge in [0.1, 0.15) is 6.23 Å². The zero-order valence-corrected chi connectivity index (χ0v) is 11.5. The van der Waals surface area contributed by atoms with E-state index in [-0.39, 0.29) is 6.42 Å². The number of ether oxygens (including phenoxy) is 2. The van der Waals surface area contributed by atoms with Crippen LogP contribution in [-0.2, 0) is 14.3 Å². The number of aromatic nitrogens is 2. The number of halogens is 1. The number of esters is 1. The Morgan fingerprint density at radius 2 is 2.33 bits per heavy atom. The summed E-state index contributed by atoms with van der Waals surface area (Å²) in [6, 6.07) is 0. The van der Waals surface area contributed by atoms with Crippen molar-refractivity contribution in [2.45, 2.75) is 25.7 Å². The predicted molar refractivity (Wildman–Crippen MR) is 67.0 cm³/mol. The lowest BCUT2D eigenvalue weighted by molar-refractivity contribution is -0.156.